The molecule has 0 aliphatic heterocycles. The summed E-state index contributed by atoms with van der Waals surface area (Å²) in [6.45, 7) is 0. The standard InChI is InChI=1S/C44H26N2O2/c1-3-12-27(13-4-1)29-16-11-17-30(24-29)36-26-37-33-23-22-31(25-39(33)48-42(37)34-19-8-7-18-32(34)36)44-45-40(28-14-5-2-6-15-28)43-41(46-44)35-20-9-10-21-38(35)47-43/h1-26H. The lowest BCUT2D eigenvalue weighted by molar-refractivity contribution is 0.667. The molecule has 10 rings (SSSR count). The molecule has 4 heteroatoms. The van der Waals surface area contributed by atoms with E-state index in [1.807, 2.05) is 42.5 Å². The summed E-state index contributed by atoms with van der Waals surface area (Å²) in [7, 11) is 0. The van der Waals surface area contributed by atoms with Crippen LogP contribution in [-0.4, -0.2) is 9.97 Å². The van der Waals surface area contributed by atoms with Crippen LogP contribution in [0.3, 0.4) is 0 Å². The molecule has 0 spiro atoms. The lowest BCUT2D eigenvalue weighted by Gasteiger charge is -2.10. The topological polar surface area (TPSA) is 52.1 Å². The number of nitrogens with zero attached hydrogens (tertiary/aromatic N) is 2. The molecule has 3 heterocycles. The molecule has 0 N–H and O–H groups in total. The average Bonchev–Trinajstić information content (AvgIpc) is 3.73. The van der Waals surface area contributed by atoms with Gasteiger partial charge in [-0.15, -0.1) is 0 Å². The molecule has 0 radical (unpaired) electrons. The van der Waals surface area contributed by atoms with Crippen LogP contribution in [0.5, 0.6) is 0 Å². The van der Waals surface area contributed by atoms with Crippen molar-refractivity contribution in [2.45, 2.75) is 0 Å². The van der Waals surface area contributed by atoms with Gasteiger partial charge in [0.05, 0.1) is 0 Å². The second-order valence-corrected chi connectivity index (χ2v) is 12.1. The van der Waals surface area contributed by atoms with E-state index >= 15 is 0 Å². The van der Waals surface area contributed by atoms with Gasteiger partial charge in [-0.2, -0.15) is 0 Å². The Labute approximate surface area is 275 Å². The molecule has 7 aromatic carbocycles. The van der Waals surface area contributed by atoms with Crippen LogP contribution < -0.4 is 0 Å². The highest BCUT2D eigenvalue weighted by Gasteiger charge is 2.20. The number of hydrogen-bond acceptors (Lipinski definition) is 4. The zero-order valence-corrected chi connectivity index (χ0v) is 25.7. The minimum absolute atomic E-state index is 0.624. The van der Waals surface area contributed by atoms with Crippen LogP contribution in [0, 0.1) is 0 Å². The summed E-state index contributed by atoms with van der Waals surface area (Å²) in [4.78, 5) is 10.2. The number of fused-ring (bicyclic) bond motifs is 8. The SMILES string of the molecule is c1ccc(-c2cccc(-c3cc4c5ccc(-c6nc(-c7ccccc7)c7oc8ccccc8c7n6)cc5oc4c4ccccc34)c2)cc1. The predicted molar refractivity (Wildman–Crippen MR) is 196 cm³/mol. The van der Waals surface area contributed by atoms with Crippen LogP contribution in [0.2, 0.25) is 0 Å². The molecular weight excluding hydrogens is 588 g/mol. The zero-order chi connectivity index (χ0) is 31.6. The Kier molecular flexibility index (Phi) is 5.84. The number of aromatic nitrogens is 2. The monoisotopic (exact) mass is 614 g/mol. The third-order valence-electron chi connectivity index (χ3n) is 9.28. The molecule has 3 aromatic heterocycles. The molecule has 0 bridgehead atoms. The van der Waals surface area contributed by atoms with Gasteiger partial charge in [-0.3, -0.25) is 0 Å². The van der Waals surface area contributed by atoms with Gasteiger partial charge < -0.3 is 8.83 Å². The van der Waals surface area contributed by atoms with Crippen LogP contribution in [0.15, 0.2) is 167 Å². The summed E-state index contributed by atoms with van der Waals surface area (Å²) >= 11 is 0. The van der Waals surface area contributed by atoms with Crippen molar-refractivity contribution in [2.75, 3.05) is 0 Å². The Hall–Kier alpha value is -6.52. The highest BCUT2D eigenvalue weighted by molar-refractivity contribution is 6.19. The van der Waals surface area contributed by atoms with E-state index in [4.69, 9.17) is 18.8 Å². The molecule has 0 aliphatic rings. The van der Waals surface area contributed by atoms with Gasteiger partial charge in [0.25, 0.3) is 0 Å². The smallest absolute Gasteiger partial charge is 0.180 e. The number of benzene rings is 7. The van der Waals surface area contributed by atoms with E-state index in [-0.39, 0.29) is 0 Å². The fraction of sp³-hybridized carbons (Fsp3) is 0. The van der Waals surface area contributed by atoms with Crippen molar-refractivity contribution in [1.29, 1.82) is 0 Å². The third-order valence-corrected chi connectivity index (χ3v) is 9.28. The maximum atomic E-state index is 6.70. The van der Waals surface area contributed by atoms with Crippen molar-refractivity contribution in [3.8, 4) is 44.9 Å². The lowest BCUT2D eigenvalue weighted by atomic mass is 9.93. The first kappa shape index (κ1) is 26.7. The van der Waals surface area contributed by atoms with Gasteiger partial charge in [0.1, 0.15) is 28.0 Å². The first-order valence-electron chi connectivity index (χ1n) is 16.1. The van der Waals surface area contributed by atoms with Gasteiger partial charge in [0.2, 0.25) is 0 Å². The first-order valence-corrected chi connectivity index (χ1v) is 16.1. The molecule has 224 valence electrons. The first-order chi connectivity index (χ1) is 23.8. The summed E-state index contributed by atoms with van der Waals surface area (Å²) in [5, 5.41) is 5.34. The van der Waals surface area contributed by atoms with Crippen LogP contribution in [0.1, 0.15) is 0 Å². The molecule has 0 amide bonds. The van der Waals surface area contributed by atoms with E-state index in [0.717, 1.165) is 66.0 Å². The van der Waals surface area contributed by atoms with Gasteiger partial charge in [0, 0.05) is 32.7 Å². The second kappa shape index (κ2) is 10.5. The zero-order valence-electron chi connectivity index (χ0n) is 25.7. The Morgan fingerprint density at radius 1 is 0.354 bits per heavy atom. The van der Waals surface area contributed by atoms with Gasteiger partial charge >= 0.3 is 0 Å². The van der Waals surface area contributed by atoms with Gasteiger partial charge in [0.15, 0.2) is 11.4 Å². The minimum atomic E-state index is 0.624. The minimum Gasteiger partial charge on any atom is -0.455 e. The Balaban J connectivity index is 1.17. The van der Waals surface area contributed by atoms with Crippen molar-refractivity contribution >= 4 is 54.8 Å². The summed E-state index contributed by atoms with van der Waals surface area (Å²) in [5.74, 6) is 0.624. The highest BCUT2D eigenvalue weighted by Crippen LogP contribution is 2.42. The molecule has 0 saturated heterocycles. The quantitative estimate of drug-likeness (QED) is 0.198. The van der Waals surface area contributed by atoms with Crippen LogP contribution >= 0.6 is 0 Å². The van der Waals surface area contributed by atoms with E-state index in [0.29, 0.717) is 11.4 Å². The Morgan fingerprint density at radius 3 is 1.85 bits per heavy atom. The van der Waals surface area contributed by atoms with Crippen molar-refractivity contribution in [1.82, 2.24) is 9.97 Å². The predicted octanol–water partition coefficient (Wildman–Crippen LogP) is 12.1. The van der Waals surface area contributed by atoms with E-state index in [9.17, 15) is 0 Å². The highest BCUT2D eigenvalue weighted by atomic mass is 16.3. The van der Waals surface area contributed by atoms with Crippen molar-refractivity contribution in [3.05, 3.63) is 158 Å². The molecule has 0 atom stereocenters. The Morgan fingerprint density at radius 2 is 1.02 bits per heavy atom. The fourth-order valence-electron chi connectivity index (χ4n) is 6.98. The summed E-state index contributed by atoms with van der Waals surface area (Å²) in [5.41, 5.74) is 11.3. The number of hydrogen-bond donors (Lipinski definition) is 0. The van der Waals surface area contributed by atoms with Gasteiger partial charge in [-0.1, -0.05) is 121 Å². The maximum Gasteiger partial charge on any atom is 0.180 e. The van der Waals surface area contributed by atoms with E-state index < -0.39 is 0 Å². The summed E-state index contributed by atoms with van der Waals surface area (Å²) in [6, 6.07) is 54.6. The molecule has 0 saturated carbocycles. The summed E-state index contributed by atoms with van der Waals surface area (Å²) in [6.07, 6.45) is 0. The van der Waals surface area contributed by atoms with Crippen molar-refractivity contribution < 1.29 is 8.83 Å². The molecule has 0 fully saturated rings. The Bertz CT molecular complexity index is 2830. The van der Waals surface area contributed by atoms with Crippen molar-refractivity contribution in [2.24, 2.45) is 0 Å². The molecular formula is C44H26N2O2. The van der Waals surface area contributed by atoms with Crippen LogP contribution in [0.4, 0.5) is 0 Å². The van der Waals surface area contributed by atoms with Gasteiger partial charge in [-0.05, 0) is 64.0 Å². The molecule has 0 unspecified atom stereocenters. The maximum absolute atomic E-state index is 6.70. The average molecular weight is 615 g/mol. The number of furan rings is 2. The second-order valence-electron chi connectivity index (χ2n) is 12.1. The number of rotatable bonds is 4. The van der Waals surface area contributed by atoms with Crippen molar-refractivity contribution in [3.63, 3.8) is 0 Å². The fourth-order valence-corrected chi connectivity index (χ4v) is 6.98. The van der Waals surface area contributed by atoms with E-state index in [1.54, 1.807) is 0 Å². The molecule has 48 heavy (non-hydrogen) atoms. The normalized spacial score (nSPS) is 11.8. The van der Waals surface area contributed by atoms with Crippen LogP contribution in [0.25, 0.3) is 99.7 Å². The molecule has 10 aromatic rings. The largest absolute Gasteiger partial charge is 0.455 e. The molecule has 0 aliphatic carbocycles. The third kappa shape index (κ3) is 4.16. The van der Waals surface area contributed by atoms with E-state index in [1.165, 1.54) is 22.3 Å². The molecule has 4 nitrogen and oxygen atoms in total. The van der Waals surface area contributed by atoms with E-state index in [2.05, 4.69) is 115 Å². The lowest BCUT2D eigenvalue weighted by Crippen LogP contribution is -1.93. The van der Waals surface area contributed by atoms with Crippen LogP contribution in [-0.2, 0) is 0 Å². The van der Waals surface area contributed by atoms with Gasteiger partial charge in [-0.25, -0.2) is 9.97 Å². The number of para-hydroxylation sites is 1. The summed E-state index contributed by atoms with van der Waals surface area (Å²) < 4.78 is 13.0.